The van der Waals surface area contributed by atoms with Crippen molar-refractivity contribution >= 4 is 17.3 Å². The molecule has 1 aliphatic carbocycles. The molecule has 1 N–H and O–H groups in total. The van der Waals surface area contributed by atoms with E-state index in [1.807, 2.05) is 19.1 Å². The van der Waals surface area contributed by atoms with Crippen molar-refractivity contribution in [1.82, 2.24) is 4.98 Å². The number of nitrogens with one attached hydrogen (secondary N) is 1. The zero-order valence-electron chi connectivity index (χ0n) is 11.9. The van der Waals surface area contributed by atoms with Crippen molar-refractivity contribution in [1.29, 1.82) is 0 Å². The summed E-state index contributed by atoms with van der Waals surface area (Å²) in [6.07, 6.45) is 3.75. The average Bonchev–Trinajstić information content (AvgIpc) is 2.89. The monoisotopic (exact) mass is 286 g/mol. The molecule has 0 amide bonds. The van der Waals surface area contributed by atoms with Gasteiger partial charge in [-0.2, -0.15) is 0 Å². The van der Waals surface area contributed by atoms with Gasteiger partial charge < -0.3 is 5.32 Å². The van der Waals surface area contributed by atoms with Gasteiger partial charge in [-0.15, -0.1) is 0 Å². The Bertz CT molecular complexity index is 637. The van der Waals surface area contributed by atoms with E-state index in [4.69, 9.17) is 11.6 Å². The molecular weight excluding hydrogens is 268 g/mol. The van der Waals surface area contributed by atoms with E-state index in [2.05, 4.69) is 35.4 Å². The van der Waals surface area contributed by atoms with Crippen LogP contribution in [0.15, 0.2) is 30.3 Å². The highest BCUT2D eigenvalue weighted by atomic mass is 35.5. The second-order valence-electron chi connectivity index (χ2n) is 5.51. The van der Waals surface area contributed by atoms with Crippen LogP contribution in [0.1, 0.15) is 41.8 Å². The first-order valence-corrected chi connectivity index (χ1v) is 7.52. The number of halogens is 1. The van der Waals surface area contributed by atoms with Crippen LogP contribution in [0.2, 0.25) is 5.15 Å². The minimum Gasteiger partial charge on any atom is -0.377 e. The van der Waals surface area contributed by atoms with E-state index in [-0.39, 0.29) is 6.04 Å². The number of rotatable bonds is 3. The fraction of sp³-hybridized carbons (Fsp3) is 0.353. The number of pyridine rings is 1. The van der Waals surface area contributed by atoms with Gasteiger partial charge in [0.25, 0.3) is 0 Å². The number of hydrogen-bond donors (Lipinski definition) is 1. The van der Waals surface area contributed by atoms with Gasteiger partial charge in [0.05, 0.1) is 11.4 Å². The summed E-state index contributed by atoms with van der Waals surface area (Å²) in [6.45, 7) is 4.16. The molecule has 0 bridgehead atoms. The van der Waals surface area contributed by atoms with Crippen molar-refractivity contribution in [3.63, 3.8) is 0 Å². The van der Waals surface area contributed by atoms with E-state index in [0.717, 1.165) is 11.4 Å². The van der Waals surface area contributed by atoms with Crippen LogP contribution < -0.4 is 5.32 Å². The second kappa shape index (κ2) is 5.45. The summed E-state index contributed by atoms with van der Waals surface area (Å²) in [5, 5.41) is 4.06. The van der Waals surface area contributed by atoms with Crippen molar-refractivity contribution < 1.29 is 0 Å². The number of fused-ring (bicyclic) bond motifs is 1. The Kier molecular flexibility index (Phi) is 3.66. The number of benzene rings is 1. The highest BCUT2D eigenvalue weighted by molar-refractivity contribution is 6.29. The number of aromatic nitrogens is 1. The normalized spacial score (nSPS) is 14.9. The van der Waals surface area contributed by atoms with Gasteiger partial charge in [0.1, 0.15) is 5.15 Å². The van der Waals surface area contributed by atoms with E-state index in [0.29, 0.717) is 5.15 Å². The minimum absolute atomic E-state index is 0.266. The molecule has 20 heavy (non-hydrogen) atoms. The quantitative estimate of drug-likeness (QED) is 0.827. The highest BCUT2D eigenvalue weighted by Crippen LogP contribution is 2.27. The van der Waals surface area contributed by atoms with Crippen LogP contribution in [-0.2, 0) is 12.8 Å². The third-order valence-corrected chi connectivity index (χ3v) is 4.26. The van der Waals surface area contributed by atoms with Gasteiger partial charge >= 0.3 is 0 Å². The van der Waals surface area contributed by atoms with Crippen molar-refractivity contribution in [2.45, 2.75) is 39.2 Å². The SMILES string of the molecule is Cc1nc(Cl)ccc1NC(C)c1ccc2c(c1)CCC2. The van der Waals surface area contributed by atoms with Gasteiger partial charge in [0, 0.05) is 6.04 Å². The summed E-state index contributed by atoms with van der Waals surface area (Å²) in [7, 11) is 0. The van der Waals surface area contributed by atoms with Crippen molar-refractivity contribution in [3.8, 4) is 0 Å². The van der Waals surface area contributed by atoms with Crippen LogP contribution in [0.25, 0.3) is 0 Å². The summed E-state index contributed by atoms with van der Waals surface area (Å²) >= 11 is 5.90. The molecule has 1 aromatic carbocycles. The Morgan fingerprint density at radius 3 is 2.75 bits per heavy atom. The highest BCUT2D eigenvalue weighted by Gasteiger charge is 2.14. The molecule has 0 spiro atoms. The van der Waals surface area contributed by atoms with Gasteiger partial charge in [0.15, 0.2) is 0 Å². The van der Waals surface area contributed by atoms with Crippen molar-refractivity contribution in [2.75, 3.05) is 5.32 Å². The fourth-order valence-corrected chi connectivity index (χ4v) is 3.05. The zero-order chi connectivity index (χ0) is 14.1. The number of aryl methyl sites for hydroxylation is 3. The van der Waals surface area contributed by atoms with Crippen molar-refractivity contribution in [2.24, 2.45) is 0 Å². The first-order valence-electron chi connectivity index (χ1n) is 7.15. The van der Waals surface area contributed by atoms with Crippen LogP contribution in [0.4, 0.5) is 5.69 Å². The molecule has 0 saturated carbocycles. The predicted molar refractivity (Wildman–Crippen MR) is 84.5 cm³/mol. The number of hydrogen-bond acceptors (Lipinski definition) is 2. The number of nitrogens with zero attached hydrogens (tertiary/aromatic N) is 1. The summed E-state index contributed by atoms with van der Waals surface area (Å²) in [6, 6.07) is 10.9. The van der Waals surface area contributed by atoms with Crippen LogP contribution in [0.5, 0.6) is 0 Å². The van der Waals surface area contributed by atoms with Crippen LogP contribution in [0.3, 0.4) is 0 Å². The average molecular weight is 287 g/mol. The van der Waals surface area contributed by atoms with E-state index in [9.17, 15) is 0 Å². The lowest BCUT2D eigenvalue weighted by atomic mass is 10.0. The Hall–Kier alpha value is -1.54. The maximum atomic E-state index is 5.90. The van der Waals surface area contributed by atoms with Crippen LogP contribution in [0, 0.1) is 6.92 Å². The standard InChI is InChI=1S/C17H19ClN2/c1-11(19-16-8-9-17(18)20-12(16)2)14-7-6-13-4-3-5-15(13)10-14/h6-11,19H,3-5H2,1-2H3. The molecule has 2 nitrogen and oxygen atoms in total. The Labute approximate surface area is 125 Å². The second-order valence-corrected chi connectivity index (χ2v) is 5.90. The summed E-state index contributed by atoms with van der Waals surface area (Å²) in [4.78, 5) is 4.28. The molecule has 0 fully saturated rings. The van der Waals surface area contributed by atoms with Crippen molar-refractivity contribution in [3.05, 3.63) is 57.9 Å². The molecule has 1 atom stereocenters. The summed E-state index contributed by atoms with van der Waals surface area (Å²) in [5.41, 5.74) is 6.35. The smallest absolute Gasteiger partial charge is 0.129 e. The Balaban J connectivity index is 1.80. The molecule has 1 aromatic heterocycles. The van der Waals surface area contributed by atoms with Gasteiger partial charge in [0.2, 0.25) is 0 Å². The maximum Gasteiger partial charge on any atom is 0.129 e. The molecule has 0 aliphatic heterocycles. The molecule has 1 aliphatic rings. The number of anilines is 1. The minimum atomic E-state index is 0.266. The molecule has 1 unspecified atom stereocenters. The van der Waals surface area contributed by atoms with E-state index in [1.165, 1.54) is 36.0 Å². The molecular formula is C17H19ClN2. The third kappa shape index (κ3) is 2.66. The van der Waals surface area contributed by atoms with E-state index in [1.54, 1.807) is 0 Å². The summed E-state index contributed by atoms with van der Waals surface area (Å²) in [5.74, 6) is 0. The Morgan fingerprint density at radius 2 is 1.95 bits per heavy atom. The van der Waals surface area contributed by atoms with Gasteiger partial charge in [-0.25, -0.2) is 4.98 Å². The molecule has 0 saturated heterocycles. The van der Waals surface area contributed by atoms with Gasteiger partial charge in [-0.3, -0.25) is 0 Å². The maximum absolute atomic E-state index is 5.90. The lowest BCUT2D eigenvalue weighted by Crippen LogP contribution is -2.08. The predicted octanol–water partition coefficient (Wildman–Crippen LogP) is 4.71. The molecule has 0 radical (unpaired) electrons. The molecule has 1 heterocycles. The molecule has 104 valence electrons. The lowest BCUT2D eigenvalue weighted by molar-refractivity contribution is 0.874. The molecule has 2 aromatic rings. The van der Waals surface area contributed by atoms with Crippen LogP contribution >= 0.6 is 11.6 Å². The van der Waals surface area contributed by atoms with Gasteiger partial charge in [-0.1, -0.05) is 29.8 Å². The van der Waals surface area contributed by atoms with E-state index >= 15 is 0 Å². The van der Waals surface area contributed by atoms with Crippen LogP contribution in [-0.4, -0.2) is 4.98 Å². The molecule has 3 rings (SSSR count). The van der Waals surface area contributed by atoms with E-state index < -0.39 is 0 Å². The first-order chi connectivity index (χ1) is 9.63. The lowest BCUT2D eigenvalue weighted by Gasteiger charge is -2.18. The topological polar surface area (TPSA) is 24.9 Å². The third-order valence-electron chi connectivity index (χ3n) is 4.05. The Morgan fingerprint density at radius 1 is 1.15 bits per heavy atom. The first kappa shape index (κ1) is 13.4. The van der Waals surface area contributed by atoms with Gasteiger partial charge in [-0.05, 0) is 61.9 Å². The summed E-state index contributed by atoms with van der Waals surface area (Å²) < 4.78 is 0. The fourth-order valence-electron chi connectivity index (χ4n) is 2.86. The zero-order valence-corrected chi connectivity index (χ0v) is 12.7. The molecule has 3 heteroatoms. The largest absolute Gasteiger partial charge is 0.377 e.